The van der Waals surface area contributed by atoms with Gasteiger partial charge in [-0.2, -0.15) is 5.10 Å². The molecule has 2 aromatic heterocycles. The van der Waals surface area contributed by atoms with Crippen molar-refractivity contribution in [2.45, 2.75) is 37.6 Å². The number of hydrogen-bond donors (Lipinski definition) is 1. The number of nitrogen functional groups attached to an aromatic ring is 1. The van der Waals surface area contributed by atoms with Gasteiger partial charge in [0.25, 0.3) is 5.91 Å². The highest BCUT2D eigenvalue weighted by Crippen LogP contribution is 2.41. The molecule has 3 aliphatic rings. The minimum atomic E-state index is -0.329. The normalized spacial score (nSPS) is 19.0. The van der Waals surface area contributed by atoms with Gasteiger partial charge in [-0.3, -0.25) is 9.59 Å². The molecule has 0 spiro atoms. The van der Waals surface area contributed by atoms with E-state index in [1.165, 1.54) is 30.7 Å². The zero-order valence-corrected chi connectivity index (χ0v) is 21.4. The van der Waals surface area contributed by atoms with E-state index < -0.39 is 0 Å². The number of hydrogen-bond acceptors (Lipinski definition) is 5. The van der Waals surface area contributed by atoms with Crippen LogP contribution < -0.4 is 5.73 Å². The van der Waals surface area contributed by atoms with Gasteiger partial charge >= 0.3 is 0 Å². The number of amides is 2. The third-order valence-electron chi connectivity index (χ3n) is 7.48. The number of nitrogens with two attached hydrogens (primary N) is 1. The van der Waals surface area contributed by atoms with Gasteiger partial charge in [-0.25, -0.2) is 9.67 Å². The van der Waals surface area contributed by atoms with Crippen LogP contribution in [0.5, 0.6) is 0 Å². The maximum absolute atomic E-state index is 13.7. The molecule has 2 aliphatic heterocycles. The molecule has 3 aromatic rings. The summed E-state index contributed by atoms with van der Waals surface area (Å²) in [6.07, 6.45) is 6.66. The predicted molar refractivity (Wildman–Crippen MR) is 140 cm³/mol. The predicted octanol–water partition coefficient (Wildman–Crippen LogP) is 3.80. The van der Waals surface area contributed by atoms with E-state index >= 15 is 0 Å². The van der Waals surface area contributed by atoms with Crippen LogP contribution in [-0.2, 0) is 17.6 Å². The van der Waals surface area contributed by atoms with Crippen molar-refractivity contribution in [2.75, 3.05) is 25.4 Å². The van der Waals surface area contributed by atoms with Crippen molar-refractivity contribution >= 4 is 33.4 Å². The van der Waals surface area contributed by atoms with Gasteiger partial charge in [0.05, 0.1) is 28.7 Å². The van der Waals surface area contributed by atoms with E-state index in [-0.39, 0.29) is 17.9 Å². The molecular formula is C27H27BrN6O2. The van der Waals surface area contributed by atoms with Gasteiger partial charge in [-0.05, 0) is 64.5 Å². The van der Waals surface area contributed by atoms with E-state index in [1.807, 2.05) is 9.58 Å². The van der Waals surface area contributed by atoms with Crippen molar-refractivity contribution < 1.29 is 9.59 Å². The van der Waals surface area contributed by atoms with Crippen molar-refractivity contribution in [1.82, 2.24) is 24.6 Å². The molecule has 4 heterocycles. The molecule has 1 unspecified atom stereocenters. The van der Waals surface area contributed by atoms with Crippen molar-refractivity contribution in [3.63, 3.8) is 0 Å². The van der Waals surface area contributed by atoms with Crippen LogP contribution in [0.2, 0.25) is 0 Å². The highest BCUT2D eigenvalue weighted by Gasteiger charge is 2.40. The zero-order valence-electron chi connectivity index (χ0n) is 19.9. The van der Waals surface area contributed by atoms with E-state index in [9.17, 15) is 9.59 Å². The van der Waals surface area contributed by atoms with Gasteiger partial charge in [0, 0.05) is 49.9 Å². The minimum Gasteiger partial charge on any atom is -0.398 e. The fourth-order valence-electron chi connectivity index (χ4n) is 5.46. The second-order valence-corrected chi connectivity index (χ2v) is 10.5. The molecule has 184 valence electrons. The number of carbonyl (C=O) groups excluding carboxylic acids is 2. The first-order valence-electron chi connectivity index (χ1n) is 12.3. The van der Waals surface area contributed by atoms with Gasteiger partial charge in [0.2, 0.25) is 5.91 Å². The lowest BCUT2D eigenvalue weighted by Crippen LogP contribution is -2.46. The van der Waals surface area contributed by atoms with Crippen molar-refractivity contribution in [2.24, 2.45) is 0 Å². The van der Waals surface area contributed by atoms with E-state index in [1.54, 1.807) is 11.0 Å². The van der Waals surface area contributed by atoms with Crippen molar-refractivity contribution in [1.29, 1.82) is 0 Å². The average molecular weight is 547 g/mol. The van der Waals surface area contributed by atoms with Gasteiger partial charge in [-0.1, -0.05) is 18.7 Å². The Kier molecular flexibility index (Phi) is 5.67. The van der Waals surface area contributed by atoms with Crippen LogP contribution in [-0.4, -0.2) is 56.0 Å². The molecule has 0 bridgehead atoms. The molecule has 1 atom stereocenters. The van der Waals surface area contributed by atoms with Crippen LogP contribution in [0.25, 0.3) is 5.69 Å². The summed E-state index contributed by atoms with van der Waals surface area (Å²) in [5.41, 5.74) is 12.4. The summed E-state index contributed by atoms with van der Waals surface area (Å²) in [5.74, 6) is 0.362. The summed E-state index contributed by atoms with van der Waals surface area (Å²) in [6, 6.07) is 10.0. The van der Waals surface area contributed by atoms with Crippen LogP contribution in [0.1, 0.15) is 57.7 Å². The van der Waals surface area contributed by atoms with Gasteiger partial charge in [-0.15, -0.1) is 0 Å². The molecule has 0 saturated heterocycles. The Labute approximate surface area is 217 Å². The number of aromatic nitrogens is 3. The number of anilines is 1. The summed E-state index contributed by atoms with van der Waals surface area (Å²) >= 11 is 3.31. The molecule has 1 saturated carbocycles. The highest BCUT2D eigenvalue weighted by molar-refractivity contribution is 9.10. The quantitative estimate of drug-likeness (QED) is 0.396. The van der Waals surface area contributed by atoms with Crippen LogP contribution >= 0.6 is 15.9 Å². The number of carbonyl (C=O) groups is 2. The maximum atomic E-state index is 13.7. The SMILES string of the molecule is C=CC(=O)N1CCc2nn(-c3ccc(C4CC4)cc3)c3c2C(C1)N(C(=O)c1cnc(Br)cc1N)CC3. The molecule has 36 heavy (non-hydrogen) atoms. The first-order valence-corrected chi connectivity index (χ1v) is 13.1. The molecule has 9 heteroatoms. The largest absolute Gasteiger partial charge is 0.398 e. The van der Waals surface area contributed by atoms with E-state index in [2.05, 4.69) is 51.8 Å². The number of halogens is 1. The lowest BCUT2D eigenvalue weighted by Gasteiger charge is -2.38. The summed E-state index contributed by atoms with van der Waals surface area (Å²) in [7, 11) is 0. The molecule has 2 N–H and O–H groups in total. The molecule has 1 aliphatic carbocycles. The average Bonchev–Trinajstić information content (AvgIpc) is 3.69. The fraction of sp³-hybridized carbons (Fsp3) is 0.333. The minimum absolute atomic E-state index is 0.145. The number of nitrogens with zero attached hydrogens (tertiary/aromatic N) is 5. The third kappa shape index (κ3) is 3.91. The maximum Gasteiger partial charge on any atom is 0.258 e. The van der Waals surface area contributed by atoms with Gasteiger partial charge in [0.1, 0.15) is 4.60 Å². The molecule has 6 rings (SSSR count). The Bertz CT molecular complexity index is 1380. The first-order chi connectivity index (χ1) is 17.4. The summed E-state index contributed by atoms with van der Waals surface area (Å²) in [6.45, 7) is 5.06. The van der Waals surface area contributed by atoms with E-state index in [4.69, 9.17) is 10.8 Å². The Morgan fingerprint density at radius 3 is 2.61 bits per heavy atom. The standard InChI is InChI=1S/C27H27BrN6O2/c1-2-25(35)32-11-9-21-26-22(34(31-21)18-7-5-17(6-8-18)16-3-4-16)10-12-33(23(26)15-32)27(36)19-14-30-24(28)13-20(19)29/h2,5-8,13-14,16,23H,1,3-4,9-12,15H2,(H2,29,30). The van der Waals surface area contributed by atoms with Crippen LogP contribution in [0.4, 0.5) is 5.69 Å². The lowest BCUT2D eigenvalue weighted by molar-refractivity contribution is -0.126. The number of benzene rings is 1. The highest BCUT2D eigenvalue weighted by atomic mass is 79.9. The van der Waals surface area contributed by atoms with Crippen LogP contribution in [0.3, 0.4) is 0 Å². The van der Waals surface area contributed by atoms with Crippen molar-refractivity contribution in [3.8, 4) is 5.69 Å². The van der Waals surface area contributed by atoms with Gasteiger partial charge in [0.15, 0.2) is 0 Å². The summed E-state index contributed by atoms with van der Waals surface area (Å²) in [4.78, 5) is 34.1. The molecule has 1 aromatic carbocycles. The van der Waals surface area contributed by atoms with Crippen LogP contribution in [0.15, 0.2) is 53.8 Å². The third-order valence-corrected chi connectivity index (χ3v) is 7.91. The fourth-order valence-corrected chi connectivity index (χ4v) is 5.81. The first kappa shape index (κ1) is 23.0. The molecule has 1 fully saturated rings. The Morgan fingerprint density at radius 1 is 1.14 bits per heavy atom. The molecule has 2 amide bonds. The monoisotopic (exact) mass is 546 g/mol. The number of pyridine rings is 1. The Morgan fingerprint density at radius 2 is 1.92 bits per heavy atom. The topological polar surface area (TPSA) is 97.4 Å². The molecular weight excluding hydrogens is 520 g/mol. The Balaban J connectivity index is 1.41. The smallest absolute Gasteiger partial charge is 0.258 e. The molecule has 8 nitrogen and oxygen atoms in total. The second kappa shape index (κ2) is 8.89. The zero-order chi connectivity index (χ0) is 25.0. The lowest BCUT2D eigenvalue weighted by atomic mass is 9.94. The Hall–Kier alpha value is -3.46. The molecule has 0 radical (unpaired) electrons. The van der Waals surface area contributed by atoms with Crippen LogP contribution in [0, 0.1) is 0 Å². The van der Waals surface area contributed by atoms with E-state index in [0.29, 0.717) is 54.2 Å². The second-order valence-electron chi connectivity index (χ2n) is 9.68. The summed E-state index contributed by atoms with van der Waals surface area (Å²) < 4.78 is 2.61. The van der Waals surface area contributed by atoms with Crippen molar-refractivity contribution in [3.05, 3.63) is 81.9 Å². The van der Waals surface area contributed by atoms with Gasteiger partial charge < -0.3 is 15.5 Å². The number of rotatable bonds is 4. The van der Waals surface area contributed by atoms with E-state index in [0.717, 1.165) is 22.6 Å². The summed E-state index contributed by atoms with van der Waals surface area (Å²) in [5, 5.41) is 5.02.